The molecule has 1 N–H and O–H groups in total. The van der Waals surface area contributed by atoms with Crippen molar-refractivity contribution in [3.8, 4) is 0 Å². The topological polar surface area (TPSA) is 55.9 Å². The van der Waals surface area contributed by atoms with Gasteiger partial charge in [0.05, 0.1) is 12.5 Å². The van der Waals surface area contributed by atoms with Crippen molar-refractivity contribution >= 4 is 11.8 Å². The number of nitrogens with one attached hydrogen (secondary N) is 1. The third-order valence-electron chi connectivity index (χ3n) is 4.81. The van der Waals surface area contributed by atoms with Crippen LogP contribution in [0.15, 0.2) is 0 Å². The van der Waals surface area contributed by atoms with E-state index >= 15 is 0 Å². The van der Waals surface area contributed by atoms with Crippen molar-refractivity contribution in [3.63, 3.8) is 0 Å². The molecule has 0 aromatic rings. The maximum absolute atomic E-state index is 12.3. The lowest BCUT2D eigenvalue weighted by Gasteiger charge is -2.33. The highest BCUT2D eigenvalue weighted by Crippen LogP contribution is 2.26. The van der Waals surface area contributed by atoms with Crippen LogP contribution < -0.4 is 5.32 Å². The average Bonchev–Trinajstić information content (AvgIpc) is 2.77. The molecule has 0 saturated carbocycles. The fourth-order valence-electron chi connectivity index (χ4n) is 3.46. The van der Waals surface area contributed by atoms with Crippen molar-refractivity contribution in [1.29, 1.82) is 0 Å². The smallest absolute Gasteiger partial charge is 0.242 e. The van der Waals surface area contributed by atoms with Crippen LogP contribution in [0.3, 0.4) is 0 Å². The van der Waals surface area contributed by atoms with Gasteiger partial charge >= 0.3 is 0 Å². The normalized spacial score (nSPS) is 31.6. The largest absolute Gasteiger partial charge is 0.339 e. The Kier molecular flexibility index (Phi) is 3.94. The first kappa shape index (κ1) is 13.8. The number of nitrogens with zero attached hydrogens (tertiary/aromatic N) is 3. The van der Waals surface area contributed by atoms with E-state index in [4.69, 9.17) is 0 Å². The highest BCUT2D eigenvalue weighted by atomic mass is 16.2. The number of likely N-dealkylation sites (N-methyl/N-ethyl adjacent to an activating group) is 1. The second kappa shape index (κ2) is 5.69. The molecule has 6 nitrogen and oxygen atoms in total. The first-order valence-corrected chi connectivity index (χ1v) is 7.63. The monoisotopic (exact) mass is 280 g/mol. The van der Waals surface area contributed by atoms with E-state index in [-0.39, 0.29) is 30.3 Å². The van der Waals surface area contributed by atoms with Crippen LogP contribution in [0.25, 0.3) is 0 Å². The van der Waals surface area contributed by atoms with Crippen LogP contribution >= 0.6 is 0 Å². The average molecular weight is 280 g/mol. The summed E-state index contributed by atoms with van der Waals surface area (Å²) in [5, 5.41) is 3.41. The van der Waals surface area contributed by atoms with Crippen molar-refractivity contribution in [1.82, 2.24) is 20.0 Å². The number of piperidine rings is 1. The molecule has 0 radical (unpaired) electrons. The van der Waals surface area contributed by atoms with Gasteiger partial charge in [0.25, 0.3) is 0 Å². The summed E-state index contributed by atoms with van der Waals surface area (Å²) in [6, 6.07) is 0.261. The fourth-order valence-corrected chi connectivity index (χ4v) is 3.46. The van der Waals surface area contributed by atoms with Gasteiger partial charge in [-0.15, -0.1) is 0 Å². The van der Waals surface area contributed by atoms with Gasteiger partial charge < -0.3 is 20.0 Å². The number of fused-ring (bicyclic) bond motifs is 1. The molecule has 6 heteroatoms. The Morgan fingerprint density at radius 2 is 2.05 bits per heavy atom. The molecule has 0 spiro atoms. The summed E-state index contributed by atoms with van der Waals surface area (Å²) in [5.74, 6) is 0.374. The number of piperazine rings is 1. The minimum Gasteiger partial charge on any atom is -0.339 e. The quantitative estimate of drug-likeness (QED) is 0.703. The number of hydrogen-bond donors (Lipinski definition) is 1. The zero-order valence-electron chi connectivity index (χ0n) is 12.2. The van der Waals surface area contributed by atoms with Gasteiger partial charge in [-0.05, 0) is 26.4 Å². The maximum Gasteiger partial charge on any atom is 0.242 e. The maximum atomic E-state index is 12.3. The van der Waals surface area contributed by atoms with Gasteiger partial charge in [-0.25, -0.2) is 0 Å². The van der Waals surface area contributed by atoms with Crippen molar-refractivity contribution in [2.45, 2.75) is 18.9 Å². The molecule has 112 valence electrons. The molecule has 2 atom stereocenters. The van der Waals surface area contributed by atoms with Crippen LogP contribution in [0.4, 0.5) is 0 Å². The highest BCUT2D eigenvalue weighted by Gasteiger charge is 2.42. The second-order valence-electron chi connectivity index (χ2n) is 6.21. The van der Waals surface area contributed by atoms with E-state index in [1.807, 2.05) is 4.90 Å². The first-order chi connectivity index (χ1) is 9.65. The summed E-state index contributed by atoms with van der Waals surface area (Å²) < 4.78 is 0. The molecule has 3 heterocycles. The zero-order valence-corrected chi connectivity index (χ0v) is 12.2. The standard InChI is InChI=1S/C14H24N4O2/c1-16-5-7-17(8-6-16)13(19)10-18-9-12-11(14(18)20)3-2-4-15-12/h11-12,15H,2-10H2,1H3. The number of carbonyl (C=O) groups excluding carboxylic acids is 2. The molecule has 0 aliphatic carbocycles. The summed E-state index contributed by atoms with van der Waals surface area (Å²) in [4.78, 5) is 30.5. The van der Waals surface area contributed by atoms with Gasteiger partial charge in [-0.3, -0.25) is 9.59 Å². The van der Waals surface area contributed by atoms with E-state index < -0.39 is 0 Å². The van der Waals surface area contributed by atoms with E-state index in [9.17, 15) is 9.59 Å². The Balaban J connectivity index is 1.55. The molecule has 3 aliphatic rings. The van der Waals surface area contributed by atoms with E-state index in [0.29, 0.717) is 6.54 Å². The van der Waals surface area contributed by atoms with E-state index in [2.05, 4.69) is 17.3 Å². The molecule has 0 aromatic heterocycles. The number of carbonyl (C=O) groups is 2. The van der Waals surface area contributed by atoms with E-state index in [1.165, 1.54) is 0 Å². The zero-order chi connectivity index (χ0) is 14.1. The van der Waals surface area contributed by atoms with Gasteiger partial charge in [0.1, 0.15) is 0 Å². The predicted molar refractivity (Wildman–Crippen MR) is 75.2 cm³/mol. The summed E-state index contributed by atoms with van der Waals surface area (Å²) in [6.45, 7) is 5.36. The first-order valence-electron chi connectivity index (χ1n) is 7.63. The van der Waals surface area contributed by atoms with Crippen molar-refractivity contribution in [2.75, 3.05) is 52.9 Å². The van der Waals surface area contributed by atoms with Crippen molar-refractivity contribution in [2.24, 2.45) is 5.92 Å². The van der Waals surface area contributed by atoms with Gasteiger partial charge in [0.15, 0.2) is 0 Å². The van der Waals surface area contributed by atoms with E-state index in [1.54, 1.807) is 4.90 Å². The molecular weight excluding hydrogens is 256 g/mol. The van der Waals surface area contributed by atoms with Crippen molar-refractivity contribution < 1.29 is 9.59 Å². The fraction of sp³-hybridized carbons (Fsp3) is 0.857. The third-order valence-corrected chi connectivity index (χ3v) is 4.81. The van der Waals surface area contributed by atoms with Gasteiger partial charge in [0, 0.05) is 38.8 Å². The summed E-state index contributed by atoms with van der Waals surface area (Å²) in [7, 11) is 2.07. The molecule has 0 aromatic carbocycles. The molecule has 2 amide bonds. The molecule has 2 unspecified atom stereocenters. The van der Waals surface area contributed by atoms with Crippen LogP contribution in [0.2, 0.25) is 0 Å². The Morgan fingerprint density at radius 1 is 1.30 bits per heavy atom. The molecule has 3 rings (SSSR count). The van der Waals surface area contributed by atoms with Crippen LogP contribution in [-0.4, -0.2) is 85.4 Å². The SMILES string of the molecule is CN1CCN(C(=O)CN2CC3NCCCC3C2=O)CC1. The van der Waals surface area contributed by atoms with Crippen LogP contribution in [-0.2, 0) is 9.59 Å². The molecule has 20 heavy (non-hydrogen) atoms. The van der Waals surface area contributed by atoms with Crippen LogP contribution in [0.1, 0.15) is 12.8 Å². The second-order valence-corrected chi connectivity index (χ2v) is 6.21. The Labute approximate surface area is 120 Å². The minimum absolute atomic E-state index is 0.101. The molecular formula is C14H24N4O2. The third kappa shape index (κ3) is 2.67. The van der Waals surface area contributed by atoms with Crippen molar-refractivity contribution in [3.05, 3.63) is 0 Å². The number of rotatable bonds is 2. The summed E-state index contributed by atoms with van der Waals surface area (Å²) >= 11 is 0. The van der Waals surface area contributed by atoms with Crippen LogP contribution in [0.5, 0.6) is 0 Å². The molecule has 3 saturated heterocycles. The Hall–Kier alpha value is -1.14. The number of likely N-dealkylation sites (tertiary alicyclic amines) is 1. The lowest BCUT2D eigenvalue weighted by atomic mass is 9.94. The van der Waals surface area contributed by atoms with Gasteiger partial charge in [-0.2, -0.15) is 0 Å². The minimum atomic E-state index is 0.101. The summed E-state index contributed by atoms with van der Waals surface area (Å²) in [5.41, 5.74) is 0. The van der Waals surface area contributed by atoms with Gasteiger partial charge in [0.2, 0.25) is 11.8 Å². The number of amides is 2. The number of hydrogen-bond acceptors (Lipinski definition) is 4. The lowest BCUT2D eigenvalue weighted by Crippen LogP contribution is -2.50. The molecule has 3 fully saturated rings. The summed E-state index contributed by atoms with van der Waals surface area (Å²) in [6.07, 6.45) is 2.03. The lowest BCUT2D eigenvalue weighted by molar-refractivity contribution is -0.140. The van der Waals surface area contributed by atoms with Gasteiger partial charge in [-0.1, -0.05) is 0 Å². The molecule has 0 bridgehead atoms. The highest BCUT2D eigenvalue weighted by molar-refractivity contribution is 5.88. The Morgan fingerprint density at radius 3 is 2.75 bits per heavy atom. The predicted octanol–water partition coefficient (Wildman–Crippen LogP) is -1.03. The molecule has 3 aliphatic heterocycles. The Bertz CT molecular complexity index is 393. The van der Waals surface area contributed by atoms with Crippen LogP contribution in [0, 0.1) is 5.92 Å². The van der Waals surface area contributed by atoms with E-state index in [0.717, 1.165) is 45.6 Å².